The number of aromatic nitrogens is 3. The molecule has 0 aliphatic rings. The molecule has 0 aromatic carbocycles. The summed E-state index contributed by atoms with van der Waals surface area (Å²) in [6.45, 7) is 3.84. The zero-order valence-corrected chi connectivity index (χ0v) is 9.93. The summed E-state index contributed by atoms with van der Waals surface area (Å²) in [7, 11) is 1.92. The number of carbonyl (C=O) groups is 1. The fourth-order valence-corrected chi connectivity index (χ4v) is 1.65. The average molecular weight is 231 g/mol. The number of imidazole rings is 1. The number of nitrogens with zero attached hydrogens (tertiary/aromatic N) is 3. The van der Waals surface area contributed by atoms with Gasteiger partial charge in [-0.3, -0.25) is 0 Å². The van der Waals surface area contributed by atoms with Gasteiger partial charge in [0.1, 0.15) is 17.2 Å². The minimum absolute atomic E-state index is 0.0326. The van der Waals surface area contributed by atoms with Crippen molar-refractivity contribution in [3.63, 3.8) is 0 Å². The van der Waals surface area contributed by atoms with Gasteiger partial charge in [0.2, 0.25) is 0 Å². The van der Waals surface area contributed by atoms with Crippen molar-refractivity contribution in [2.24, 2.45) is 7.05 Å². The molecule has 0 unspecified atom stereocenters. The zero-order valence-electron chi connectivity index (χ0n) is 9.93. The molecule has 0 saturated carbocycles. The molecule has 0 aliphatic carbocycles. The molecule has 2 aromatic heterocycles. The maximum absolute atomic E-state index is 10.9. The monoisotopic (exact) mass is 231 g/mol. The second-order valence-corrected chi connectivity index (χ2v) is 3.87. The van der Waals surface area contributed by atoms with E-state index >= 15 is 0 Å². The van der Waals surface area contributed by atoms with Crippen LogP contribution in [0.25, 0.3) is 11.4 Å². The topological polar surface area (TPSA) is 68.0 Å². The highest BCUT2D eigenvalue weighted by Crippen LogP contribution is 2.20. The van der Waals surface area contributed by atoms with Crippen LogP contribution in [0.4, 0.5) is 0 Å². The Balaban J connectivity index is 2.56. The largest absolute Gasteiger partial charge is 0.477 e. The highest BCUT2D eigenvalue weighted by Gasteiger charge is 2.13. The Hall–Kier alpha value is -2.17. The fourth-order valence-electron chi connectivity index (χ4n) is 1.65. The van der Waals surface area contributed by atoms with E-state index in [1.807, 2.05) is 25.5 Å². The summed E-state index contributed by atoms with van der Waals surface area (Å²) < 4.78 is 1.95. The van der Waals surface area contributed by atoms with Gasteiger partial charge >= 0.3 is 5.97 Å². The van der Waals surface area contributed by atoms with E-state index in [9.17, 15) is 4.79 Å². The molecule has 0 saturated heterocycles. The van der Waals surface area contributed by atoms with E-state index in [4.69, 9.17) is 5.11 Å². The van der Waals surface area contributed by atoms with Gasteiger partial charge in [0, 0.05) is 12.7 Å². The van der Waals surface area contributed by atoms with Gasteiger partial charge in [-0.05, 0) is 26.0 Å². The maximum Gasteiger partial charge on any atom is 0.354 e. The molecular formula is C12H13N3O2. The molecule has 1 N–H and O–H groups in total. The Morgan fingerprint density at radius 1 is 1.29 bits per heavy atom. The Morgan fingerprint density at radius 2 is 2.00 bits per heavy atom. The number of aromatic carboxylic acids is 1. The summed E-state index contributed by atoms with van der Waals surface area (Å²) in [6.07, 6.45) is 0. The van der Waals surface area contributed by atoms with Crippen LogP contribution >= 0.6 is 0 Å². The van der Waals surface area contributed by atoms with Gasteiger partial charge < -0.3 is 9.67 Å². The van der Waals surface area contributed by atoms with Crippen LogP contribution in [0.3, 0.4) is 0 Å². The lowest BCUT2D eigenvalue weighted by Crippen LogP contribution is -2.01. The summed E-state index contributed by atoms with van der Waals surface area (Å²) in [5.41, 5.74) is 2.32. The van der Waals surface area contributed by atoms with Crippen molar-refractivity contribution in [3.8, 4) is 11.4 Å². The van der Waals surface area contributed by atoms with Gasteiger partial charge in [-0.15, -0.1) is 0 Å². The first-order valence-electron chi connectivity index (χ1n) is 5.21. The molecule has 5 heteroatoms. The van der Waals surface area contributed by atoms with Gasteiger partial charge in [0.15, 0.2) is 0 Å². The van der Waals surface area contributed by atoms with Gasteiger partial charge in [-0.1, -0.05) is 6.07 Å². The molecule has 5 nitrogen and oxygen atoms in total. The molecule has 0 bridgehead atoms. The summed E-state index contributed by atoms with van der Waals surface area (Å²) >= 11 is 0. The third kappa shape index (κ3) is 1.91. The van der Waals surface area contributed by atoms with Crippen molar-refractivity contribution >= 4 is 5.97 Å². The van der Waals surface area contributed by atoms with Crippen LogP contribution < -0.4 is 0 Å². The SMILES string of the molecule is Cc1nc(-c2cccc(C(=O)O)n2)c(C)n1C. The average Bonchev–Trinajstić information content (AvgIpc) is 2.57. The van der Waals surface area contributed by atoms with Crippen LogP contribution in [-0.2, 0) is 7.05 Å². The minimum Gasteiger partial charge on any atom is -0.477 e. The number of carboxylic acid groups (broad SMARTS) is 1. The number of hydrogen-bond donors (Lipinski definition) is 1. The van der Waals surface area contributed by atoms with E-state index in [1.165, 1.54) is 6.07 Å². The Kier molecular flexibility index (Phi) is 2.67. The lowest BCUT2D eigenvalue weighted by atomic mass is 10.2. The number of hydrogen-bond acceptors (Lipinski definition) is 3. The van der Waals surface area contributed by atoms with Crippen LogP contribution in [0.5, 0.6) is 0 Å². The van der Waals surface area contributed by atoms with Crippen LogP contribution in [0, 0.1) is 13.8 Å². The van der Waals surface area contributed by atoms with E-state index < -0.39 is 5.97 Å². The minimum atomic E-state index is -1.03. The molecular weight excluding hydrogens is 218 g/mol. The number of aryl methyl sites for hydroxylation is 1. The lowest BCUT2D eigenvalue weighted by Gasteiger charge is -2.01. The first-order valence-corrected chi connectivity index (χ1v) is 5.21. The quantitative estimate of drug-likeness (QED) is 0.855. The van der Waals surface area contributed by atoms with Crippen molar-refractivity contribution in [2.45, 2.75) is 13.8 Å². The first kappa shape index (κ1) is 11.3. The Labute approximate surface area is 98.8 Å². The molecule has 2 aromatic rings. The maximum atomic E-state index is 10.9. The van der Waals surface area contributed by atoms with E-state index in [2.05, 4.69) is 9.97 Å². The molecule has 0 aliphatic heterocycles. The third-order valence-electron chi connectivity index (χ3n) is 2.82. The number of carboxylic acids is 1. The molecule has 0 spiro atoms. The van der Waals surface area contributed by atoms with Crippen molar-refractivity contribution in [1.82, 2.24) is 14.5 Å². The molecule has 2 rings (SSSR count). The van der Waals surface area contributed by atoms with E-state index in [0.29, 0.717) is 5.69 Å². The predicted molar refractivity (Wildman–Crippen MR) is 62.9 cm³/mol. The van der Waals surface area contributed by atoms with Crippen LogP contribution in [0.1, 0.15) is 22.0 Å². The molecule has 0 radical (unpaired) electrons. The van der Waals surface area contributed by atoms with Crippen molar-refractivity contribution in [1.29, 1.82) is 0 Å². The fraction of sp³-hybridized carbons (Fsp3) is 0.250. The predicted octanol–water partition coefficient (Wildman–Crippen LogP) is 1.80. The molecule has 0 fully saturated rings. The number of rotatable bonds is 2. The standard InChI is InChI=1S/C12H13N3O2/c1-7-11(13-8(2)15(7)3)9-5-4-6-10(14-9)12(16)17/h4-6H,1-3H3,(H,16,17). The van der Waals surface area contributed by atoms with E-state index in [-0.39, 0.29) is 5.69 Å². The first-order chi connectivity index (χ1) is 8.00. The lowest BCUT2D eigenvalue weighted by molar-refractivity contribution is 0.0690. The Bertz CT molecular complexity index is 587. The van der Waals surface area contributed by atoms with Crippen molar-refractivity contribution < 1.29 is 9.90 Å². The smallest absolute Gasteiger partial charge is 0.354 e. The number of pyridine rings is 1. The van der Waals surface area contributed by atoms with Crippen LogP contribution in [0.15, 0.2) is 18.2 Å². The van der Waals surface area contributed by atoms with E-state index in [0.717, 1.165) is 17.2 Å². The molecule has 0 atom stereocenters. The summed E-state index contributed by atoms with van der Waals surface area (Å²) in [4.78, 5) is 19.3. The molecule has 2 heterocycles. The van der Waals surface area contributed by atoms with Gasteiger partial charge in [0.25, 0.3) is 0 Å². The summed E-state index contributed by atoms with van der Waals surface area (Å²) in [5.74, 6) is -0.155. The van der Waals surface area contributed by atoms with Crippen LogP contribution in [-0.4, -0.2) is 25.6 Å². The van der Waals surface area contributed by atoms with Gasteiger partial charge in [-0.25, -0.2) is 14.8 Å². The highest BCUT2D eigenvalue weighted by atomic mass is 16.4. The Morgan fingerprint density at radius 3 is 2.53 bits per heavy atom. The zero-order chi connectivity index (χ0) is 12.6. The van der Waals surface area contributed by atoms with Crippen molar-refractivity contribution in [3.05, 3.63) is 35.4 Å². The summed E-state index contributed by atoms with van der Waals surface area (Å²) in [6, 6.07) is 4.91. The van der Waals surface area contributed by atoms with Crippen molar-refractivity contribution in [2.75, 3.05) is 0 Å². The third-order valence-corrected chi connectivity index (χ3v) is 2.82. The molecule has 0 amide bonds. The van der Waals surface area contributed by atoms with Gasteiger partial charge in [-0.2, -0.15) is 0 Å². The highest BCUT2D eigenvalue weighted by molar-refractivity contribution is 5.86. The normalized spacial score (nSPS) is 10.5. The molecule has 17 heavy (non-hydrogen) atoms. The van der Waals surface area contributed by atoms with Crippen LogP contribution in [0.2, 0.25) is 0 Å². The molecule has 88 valence electrons. The van der Waals surface area contributed by atoms with Gasteiger partial charge in [0.05, 0.1) is 5.69 Å². The van der Waals surface area contributed by atoms with E-state index in [1.54, 1.807) is 12.1 Å². The second kappa shape index (κ2) is 4.01. The summed E-state index contributed by atoms with van der Waals surface area (Å²) in [5, 5.41) is 8.90. The second-order valence-electron chi connectivity index (χ2n) is 3.87.